The third-order valence-electron chi connectivity index (χ3n) is 3.53. The minimum Gasteiger partial charge on any atom is -0.396 e. The largest absolute Gasteiger partial charge is 0.396 e. The summed E-state index contributed by atoms with van der Waals surface area (Å²) in [6.07, 6.45) is 4.68. The monoisotopic (exact) mass is 243 g/mol. The van der Waals surface area contributed by atoms with Gasteiger partial charge in [0.05, 0.1) is 6.61 Å². The summed E-state index contributed by atoms with van der Waals surface area (Å²) < 4.78 is 5.65. The van der Waals surface area contributed by atoms with Gasteiger partial charge in [0, 0.05) is 26.3 Å². The molecule has 1 aliphatic heterocycles. The van der Waals surface area contributed by atoms with Crippen LogP contribution in [0.4, 0.5) is 0 Å². The lowest BCUT2D eigenvalue weighted by Gasteiger charge is -2.32. The summed E-state index contributed by atoms with van der Waals surface area (Å²) in [5.41, 5.74) is 0. The second kappa shape index (κ2) is 8.90. The van der Waals surface area contributed by atoms with E-state index in [1.165, 1.54) is 19.4 Å². The number of ether oxygens (including phenoxy) is 1. The van der Waals surface area contributed by atoms with E-state index in [-0.39, 0.29) is 0 Å². The van der Waals surface area contributed by atoms with Gasteiger partial charge in [0.15, 0.2) is 0 Å². The summed E-state index contributed by atoms with van der Waals surface area (Å²) in [6.45, 7) is 9.96. The maximum atomic E-state index is 8.96. The van der Waals surface area contributed by atoms with Crippen LogP contribution >= 0.6 is 0 Å². The Bertz CT molecular complexity index is 183. The van der Waals surface area contributed by atoms with E-state index in [0.717, 1.165) is 45.1 Å². The van der Waals surface area contributed by atoms with Gasteiger partial charge in [-0.05, 0) is 44.1 Å². The van der Waals surface area contributed by atoms with Crippen molar-refractivity contribution < 1.29 is 9.84 Å². The highest BCUT2D eigenvalue weighted by Gasteiger charge is 2.18. The molecule has 1 heterocycles. The molecule has 17 heavy (non-hydrogen) atoms. The summed E-state index contributed by atoms with van der Waals surface area (Å²) >= 11 is 0. The van der Waals surface area contributed by atoms with E-state index in [1.807, 2.05) is 0 Å². The highest BCUT2D eigenvalue weighted by atomic mass is 16.5. The van der Waals surface area contributed by atoms with Gasteiger partial charge < -0.3 is 14.7 Å². The highest BCUT2D eigenvalue weighted by molar-refractivity contribution is 4.72. The molecule has 1 rings (SSSR count). The molecule has 0 aromatic heterocycles. The third-order valence-corrected chi connectivity index (χ3v) is 3.53. The topological polar surface area (TPSA) is 32.7 Å². The van der Waals surface area contributed by atoms with Gasteiger partial charge in [-0.1, -0.05) is 13.8 Å². The Kier molecular flexibility index (Phi) is 7.82. The van der Waals surface area contributed by atoms with Crippen LogP contribution in [0, 0.1) is 11.8 Å². The maximum absolute atomic E-state index is 8.96. The fourth-order valence-corrected chi connectivity index (χ4v) is 2.39. The number of nitrogens with zero attached hydrogens (tertiary/aromatic N) is 1. The van der Waals surface area contributed by atoms with Gasteiger partial charge in [-0.3, -0.25) is 0 Å². The van der Waals surface area contributed by atoms with E-state index < -0.39 is 0 Å². The minimum atomic E-state index is 0.337. The summed E-state index contributed by atoms with van der Waals surface area (Å²) in [4.78, 5) is 2.49. The van der Waals surface area contributed by atoms with Crippen molar-refractivity contribution in [3.05, 3.63) is 0 Å². The first kappa shape index (κ1) is 14.9. The van der Waals surface area contributed by atoms with E-state index >= 15 is 0 Å². The van der Waals surface area contributed by atoms with Crippen LogP contribution in [0.15, 0.2) is 0 Å². The SMILES string of the molecule is CC(C)CCOCCN1CCCC(CCO)C1. The molecule has 3 heteroatoms. The van der Waals surface area contributed by atoms with Gasteiger partial charge in [0.1, 0.15) is 0 Å². The van der Waals surface area contributed by atoms with Crippen LogP contribution in [0.5, 0.6) is 0 Å². The van der Waals surface area contributed by atoms with Crippen LogP contribution in [0.25, 0.3) is 0 Å². The average Bonchev–Trinajstić information content (AvgIpc) is 2.29. The van der Waals surface area contributed by atoms with Gasteiger partial charge in [-0.15, -0.1) is 0 Å². The quantitative estimate of drug-likeness (QED) is 0.663. The average molecular weight is 243 g/mol. The van der Waals surface area contributed by atoms with Gasteiger partial charge in [-0.2, -0.15) is 0 Å². The van der Waals surface area contributed by atoms with Crippen LogP contribution in [0.1, 0.15) is 39.5 Å². The summed E-state index contributed by atoms with van der Waals surface area (Å²) in [6, 6.07) is 0. The van der Waals surface area contributed by atoms with Crippen LogP contribution in [-0.4, -0.2) is 49.5 Å². The molecule has 3 nitrogen and oxygen atoms in total. The van der Waals surface area contributed by atoms with Crippen molar-refractivity contribution in [3.63, 3.8) is 0 Å². The second-order valence-corrected chi connectivity index (χ2v) is 5.62. The molecule has 0 aliphatic carbocycles. The molecule has 0 bridgehead atoms. The standard InChI is InChI=1S/C14H29NO2/c1-13(2)6-10-17-11-8-15-7-3-4-14(12-15)5-9-16/h13-14,16H,3-12H2,1-2H3. The zero-order chi connectivity index (χ0) is 12.5. The normalized spacial score (nSPS) is 22.2. The molecule has 0 radical (unpaired) electrons. The summed E-state index contributed by atoms with van der Waals surface area (Å²) in [7, 11) is 0. The predicted octanol–water partition coefficient (Wildman–Crippen LogP) is 2.14. The predicted molar refractivity (Wildman–Crippen MR) is 71.1 cm³/mol. The Hall–Kier alpha value is -0.120. The molecule has 0 amide bonds. The summed E-state index contributed by atoms with van der Waals surface area (Å²) in [5.74, 6) is 1.43. The molecule has 0 spiro atoms. The second-order valence-electron chi connectivity index (χ2n) is 5.62. The Morgan fingerprint density at radius 2 is 2.18 bits per heavy atom. The minimum absolute atomic E-state index is 0.337. The number of hydrogen-bond acceptors (Lipinski definition) is 3. The zero-order valence-corrected chi connectivity index (χ0v) is 11.5. The van der Waals surface area contributed by atoms with E-state index in [0.29, 0.717) is 12.5 Å². The number of rotatable bonds is 8. The van der Waals surface area contributed by atoms with E-state index in [9.17, 15) is 0 Å². The van der Waals surface area contributed by atoms with Crippen LogP contribution in [0.2, 0.25) is 0 Å². The summed E-state index contributed by atoms with van der Waals surface area (Å²) in [5, 5.41) is 8.96. The van der Waals surface area contributed by atoms with Crippen molar-refractivity contribution in [3.8, 4) is 0 Å². The lowest BCUT2D eigenvalue weighted by Crippen LogP contribution is -2.37. The first-order valence-electron chi connectivity index (χ1n) is 7.13. The van der Waals surface area contributed by atoms with E-state index in [1.54, 1.807) is 0 Å². The molecule has 102 valence electrons. The van der Waals surface area contributed by atoms with Crippen molar-refractivity contribution in [2.75, 3.05) is 39.5 Å². The van der Waals surface area contributed by atoms with Gasteiger partial charge in [0.2, 0.25) is 0 Å². The highest BCUT2D eigenvalue weighted by Crippen LogP contribution is 2.18. The molecular formula is C14H29NO2. The van der Waals surface area contributed by atoms with Crippen molar-refractivity contribution in [2.45, 2.75) is 39.5 Å². The van der Waals surface area contributed by atoms with Crippen molar-refractivity contribution in [1.82, 2.24) is 4.90 Å². The third kappa shape index (κ3) is 7.02. The van der Waals surface area contributed by atoms with Crippen LogP contribution in [-0.2, 0) is 4.74 Å². The lowest BCUT2D eigenvalue weighted by atomic mass is 9.95. The Morgan fingerprint density at radius 3 is 2.88 bits per heavy atom. The van der Waals surface area contributed by atoms with Crippen molar-refractivity contribution in [2.24, 2.45) is 11.8 Å². The number of aliphatic hydroxyl groups is 1. The molecule has 1 N–H and O–H groups in total. The smallest absolute Gasteiger partial charge is 0.0593 e. The molecule has 1 aliphatic rings. The van der Waals surface area contributed by atoms with E-state index in [2.05, 4.69) is 18.7 Å². The molecule has 0 aromatic carbocycles. The maximum Gasteiger partial charge on any atom is 0.0593 e. The fourth-order valence-electron chi connectivity index (χ4n) is 2.39. The molecule has 1 atom stereocenters. The fraction of sp³-hybridized carbons (Fsp3) is 1.00. The van der Waals surface area contributed by atoms with Gasteiger partial charge in [0.25, 0.3) is 0 Å². The molecule has 0 aromatic rings. The zero-order valence-electron chi connectivity index (χ0n) is 11.5. The molecule has 1 saturated heterocycles. The number of hydrogen-bond donors (Lipinski definition) is 1. The number of aliphatic hydroxyl groups excluding tert-OH is 1. The molecule has 1 fully saturated rings. The number of piperidine rings is 1. The Labute approximate surface area is 106 Å². The Balaban J connectivity index is 2.02. The van der Waals surface area contributed by atoms with E-state index in [4.69, 9.17) is 9.84 Å². The van der Waals surface area contributed by atoms with Gasteiger partial charge in [-0.25, -0.2) is 0 Å². The first-order chi connectivity index (χ1) is 8.22. The number of likely N-dealkylation sites (tertiary alicyclic amines) is 1. The van der Waals surface area contributed by atoms with Crippen LogP contribution < -0.4 is 0 Å². The molecular weight excluding hydrogens is 214 g/mol. The van der Waals surface area contributed by atoms with Crippen molar-refractivity contribution in [1.29, 1.82) is 0 Å². The molecule has 1 unspecified atom stereocenters. The van der Waals surface area contributed by atoms with Crippen molar-refractivity contribution >= 4 is 0 Å². The lowest BCUT2D eigenvalue weighted by molar-refractivity contribution is 0.0753. The van der Waals surface area contributed by atoms with Crippen LogP contribution in [0.3, 0.4) is 0 Å². The first-order valence-corrected chi connectivity index (χ1v) is 7.13. The Morgan fingerprint density at radius 1 is 1.35 bits per heavy atom. The molecule has 0 saturated carbocycles. The van der Waals surface area contributed by atoms with Gasteiger partial charge >= 0.3 is 0 Å².